The monoisotopic (exact) mass is 414 g/mol. The number of aromatic nitrogens is 2. The fourth-order valence-electron chi connectivity index (χ4n) is 3.03. The Kier molecular flexibility index (Phi) is 7.14. The molecule has 1 aromatic carbocycles. The Morgan fingerprint density at radius 3 is 2.83 bits per heavy atom. The fraction of sp³-hybridized carbons (Fsp3) is 0.368. The van der Waals surface area contributed by atoms with E-state index in [0.29, 0.717) is 12.5 Å². The van der Waals surface area contributed by atoms with Crippen LogP contribution in [0.4, 0.5) is 17.5 Å². The largest absolute Gasteiger partial charge is 0.378 e. The number of nitrogens with one attached hydrogen (secondary N) is 2. The molecule has 0 amide bonds. The Morgan fingerprint density at radius 1 is 1.34 bits per heavy atom. The molecule has 0 bridgehead atoms. The summed E-state index contributed by atoms with van der Waals surface area (Å²) >= 11 is 4.75. The highest BCUT2D eigenvalue weighted by molar-refractivity contribution is 7.80. The molecule has 1 fully saturated rings. The number of nitrogens with zero attached hydrogens (tertiary/aromatic N) is 5. The summed E-state index contributed by atoms with van der Waals surface area (Å²) in [4.78, 5) is 13.3. The third kappa shape index (κ3) is 5.75. The standard InChI is InChI=1S/C19H26N8OS/c1-26(2)17-15(13-23-25-18(20)29)12-22-19(24-17)21-11-14-5-3-4-6-16(14)27-7-9-28-10-8-27/h3-6,12-13H,7-11H2,1-2H3,(H3,20,25,29)(H,21,22,24)/b23-13+. The summed E-state index contributed by atoms with van der Waals surface area (Å²) in [7, 11) is 3.83. The molecule has 2 heterocycles. The zero-order valence-corrected chi connectivity index (χ0v) is 17.4. The number of morpholine rings is 1. The summed E-state index contributed by atoms with van der Waals surface area (Å²) in [6, 6.07) is 8.36. The van der Waals surface area contributed by atoms with E-state index >= 15 is 0 Å². The molecule has 0 unspecified atom stereocenters. The molecular formula is C19H26N8OS. The quantitative estimate of drug-likeness (QED) is 0.350. The van der Waals surface area contributed by atoms with E-state index in [1.54, 1.807) is 12.4 Å². The van der Waals surface area contributed by atoms with E-state index in [2.05, 4.69) is 48.9 Å². The molecule has 1 aromatic heterocycles. The molecule has 1 aliphatic rings. The predicted molar refractivity (Wildman–Crippen MR) is 121 cm³/mol. The zero-order valence-electron chi connectivity index (χ0n) is 16.6. The number of thiocarbonyl (C=S) groups is 1. The minimum absolute atomic E-state index is 0.103. The van der Waals surface area contributed by atoms with Crippen molar-refractivity contribution in [3.63, 3.8) is 0 Å². The van der Waals surface area contributed by atoms with Gasteiger partial charge in [0.1, 0.15) is 5.82 Å². The van der Waals surface area contributed by atoms with Crippen molar-refractivity contribution in [2.45, 2.75) is 6.54 Å². The van der Waals surface area contributed by atoms with Crippen molar-refractivity contribution < 1.29 is 4.74 Å². The third-order valence-electron chi connectivity index (χ3n) is 4.38. The van der Waals surface area contributed by atoms with Gasteiger partial charge in [0.05, 0.1) is 25.0 Å². The van der Waals surface area contributed by atoms with Crippen molar-refractivity contribution in [1.29, 1.82) is 0 Å². The van der Waals surface area contributed by atoms with E-state index < -0.39 is 0 Å². The number of para-hydroxylation sites is 1. The van der Waals surface area contributed by atoms with Crippen LogP contribution >= 0.6 is 12.2 Å². The maximum Gasteiger partial charge on any atom is 0.224 e. The van der Waals surface area contributed by atoms with Gasteiger partial charge in [0.2, 0.25) is 5.95 Å². The number of hydrogen-bond acceptors (Lipinski definition) is 8. The van der Waals surface area contributed by atoms with Crippen LogP contribution in [0.5, 0.6) is 0 Å². The lowest BCUT2D eigenvalue weighted by atomic mass is 10.1. The van der Waals surface area contributed by atoms with E-state index in [0.717, 1.165) is 37.7 Å². The molecule has 0 atom stereocenters. The Morgan fingerprint density at radius 2 is 2.10 bits per heavy atom. The number of ether oxygens (including phenoxy) is 1. The van der Waals surface area contributed by atoms with E-state index in [1.165, 1.54) is 11.3 Å². The molecule has 0 radical (unpaired) electrons. The molecule has 29 heavy (non-hydrogen) atoms. The lowest BCUT2D eigenvalue weighted by Crippen LogP contribution is -2.36. The molecule has 2 aromatic rings. The van der Waals surface area contributed by atoms with Crippen LogP contribution in [-0.4, -0.2) is 61.7 Å². The number of rotatable bonds is 7. The molecule has 10 heteroatoms. The zero-order chi connectivity index (χ0) is 20.6. The molecule has 0 aliphatic carbocycles. The van der Waals surface area contributed by atoms with Crippen LogP contribution in [0.3, 0.4) is 0 Å². The second kappa shape index (κ2) is 9.99. The Hall–Kier alpha value is -2.98. The van der Waals surface area contributed by atoms with Crippen molar-refractivity contribution in [3.8, 4) is 0 Å². The number of hydrogen-bond donors (Lipinski definition) is 3. The van der Waals surface area contributed by atoms with Gasteiger partial charge in [-0.2, -0.15) is 10.1 Å². The molecule has 4 N–H and O–H groups in total. The smallest absolute Gasteiger partial charge is 0.224 e. The second-order valence-corrected chi connectivity index (χ2v) is 7.12. The highest BCUT2D eigenvalue weighted by Crippen LogP contribution is 2.22. The molecule has 0 spiro atoms. The highest BCUT2D eigenvalue weighted by Gasteiger charge is 2.15. The topological polar surface area (TPSA) is 104 Å². The van der Waals surface area contributed by atoms with Gasteiger partial charge in [-0.1, -0.05) is 18.2 Å². The average molecular weight is 415 g/mol. The lowest BCUT2D eigenvalue weighted by molar-refractivity contribution is 0.122. The van der Waals surface area contributed by atoms with E-state index in [9.17, 15) is 0 Å². The minimum Gasteiger partial charge on any atom is -0.378 e. The number of nitrogens with two attached hydrogens (primary N) is 1. The van der Waals surface area contributed by atoms with E-state index in [-0.39, 0.29) is 5.11 Å². The molecular weight excluding hydrogens is 388 g/mol. The summed E-state index contributed by atoms with van der Waals surface area (Å²) in [5.74, 6) is 1.28. The van der Waals surface area contributed by atoms with Crippen LogP contribution in [0.1, 0.15) is 11.1 Å². The van der Waals surface area contributed by atoms with Gasteiger partial charge in [-0.15, -0.1) is 0 Å². The lowest BCUT2D eigenvalue weighted by Gasteiger charge is -2.30. The van der Waals surface area contributed by atoms with Gasteiger partial charge in [-0.05, 0) is 23.8 Å². The van der Waals surface area contributed by atoms with Gasteiger partial charge < -0.3 is 25.6 Å². The summed E-state index contributed by atoms with van der Waals surface area (Å²) in [5, 5.41) is 7.42. The predicted octanol–water partition coefficient (Wildman–Crippen LogP) is 1.16. The van der Waals surface area contributed by atoms with Crippen molar-refractivity contribution >= 4 is 41.0 Å². The second-order valence-electron chi connectivity index (χ2n) is 6.68. The Labute approximate surface area is 176 Å². The molecule has 3 rings (SSSR count). The van der Waals surface area contributed by atoms with E-state index in [1.807, 2.05) is 25.1 Å². The van der Waals surface area contributed by atoms with Gasteiger partial charge >= 0.3 is 0 Å². The number of hydrazone groups is 1. The third-order valence-corrected chi connectivity index (χ3v) is 4.47. The van der Waals surface area contributed by atoms with Gasteiger partial charge in [-0.25, -0.2) is 4.98 Å². The van der Waals surface area contributed by atoms with Crippen molar-refractivity contribution in [2.75, 3.05) is 55.5 Å². The fourth-order valence-corrected chi connectivity index (χ4v) is 3.08. The Balaban J connectivity index is 1.73. The SMILES string of the molecule is CN(C)c1nc(NCc2ccccc2N2CCOCC2)ncc1/C=N/NC(N)=S. The molecule has 0 saturated carbocycles. The normalized spacial score (nSPS) is 14.1. The molecule has 154 valence electrons. The van der Waals surface area contributed by atoms with Crippen LogP contribution in [0, 0.1) is 0 Å². The first-order valence-electron chi connectivity index (χ1n) is 9.32. The molecule has 1 aliphatic heterocycles. The van der Waals surface area contributed by atoms with Crippen LogP contribution in [0.2, 0.25) is 0 Å². The van der Waals surface area contributed by atoms with Crippen LogP contribution in [-0.2, 0) is 11.3 Å². The highest BCUT2D eigenvalue weighted by atomic mass is 32.1. The summed E-state index contributed by atoms with van der Waals surface area (Å²) < 4.78 is 5.47. The first-order valence-corrected chi connectivity index (χ1v) is 9.73. The van der Waals surface area contributed by atoms with E-state index in [4.69, 9.17) is 22.7 Å². The first kappa shape index (κ1) is 20.7. The van der Waals surface area contributed by atoms with Gasteiger partial charge in [0.15, 0.2) is 5.11 Å². The Bertz CT molecular complexity index is 867. The van der Waals surface area contributed by atoms with Crippen LogP contribution in [0.25, 0.3) is 0 Å². The molecule has 1 saturated heterocycles. The van der Waals surface area contributed by atoms with Gasteiger partial charge in [0.25, 0.3) is 0 Å². The van der Waals surface area contributed by atoms with Gasteiger partial charge in [0, 0.05) is 45.6 Å². The maximum atomic E-state index is 5.47. The van der Waals surface area contributed by atoms with Crippen LogP contribution < -0.4 is 26.3 Å². The summed E-state index contributed by atoms with van der Waals surface area (Å²) in [6.07, 6.45) is 3.30. The summed E-state index contributed by atoms with van der Waals surface area (Å²) in [6.45, 7) is 3.92. The van der Waals surface area contributed by atoms with Crippen LogP contribution in [0.15, 0.2) is 35.6 Å². The minimum atomic E-state index is 0.103. The molecule has 9 nitrogen and oxygen atoms in total. The maximum absolute atomic E-state index is 5.47. The van der Waals surface area contributed by atoms with Gasteiger partial charge in [-0.3, -0.25) is 5.43 Å². The van der Waals surface area contributed by atoms with Crippen molar-refractivity contribution in [3.05, 3.63) is 41.6 Å². The number of anilines is 3. The first-order chi connectivity index (χ1) is 14.0. The van der Waals surface area contributed by atoms with Crippen molar-refractivity contribution in [2.24, 2.45) is 10.8 Å². The average Bonchev–Trinajstić information content (AvgIpc) is 2.73. The summed E-state index contributed by atoms with van der Waals surface area (Å²) in [5.41, 5.74) is 11.1. The number of benzene rings is 1. The van der Waals surface area contributed by atoms with Crippen molar-refractivity contribution in [1.82, 2.24) is 15.4 Å².